The molecular formula is C18H20F2N2O. The van der Waals surface area contributed by atoms with Crippen molar-refractivity contribution in [2.45, 2.75) is 25.8 Å². The first kappa shape index (κ1) is 16.9. The first-order valence-electron chi connectivity index (χ1n) is 7.46. The number of hydrogen-bond donors (Lipinski definition) is 2. The molecule has 0 aliphatic carbocycles. The first-order chi connectivity index (χ1) is 11.1. The number of halogens is 2. The zero-order valence-electron chi connectivity index (χ0n) is 13.1. The number of anilines is 2. The molecule has 0 amide bonds. The lowest BCUT2D eigenvalue weighted by molar-refractivity contribution is -0.107. The van der Waals surface area contributed by atoms with Crippen LogP contribution >= 0.6 is 0 Å². The molecule has 0 fully saturated rings. The molecule has 2 aromatic carbocycles. The van der Waals surface area contributed by atoms with E-state index in [1.807, 2.05) is 25.1 Å². The molecule has 0 bridgehead atoms. The average molecular weight is 318 g/mol. The number of hydrogen-bond acceptors (Lipinski definition) is 3. The van der Waals surface area contributed by atoms with E-state index >= 15 is 0 Å². The zero-order valence-corrected chi connectivity index (χ0v) is 13.1. The summed E-state index contributed by atoms with van der Waals surface area (Å²) in [4.78, 5) is 10.7. The molecule has 0 saturated carbocycles. The fourth-order valence-electron chi connectivity index (χ4n) is 2.45. The van der Waals surface area contributed by atoms with Gasteiger partial charge in [0.15, 0.2) is 0 Å². The van der Waals surface area contributed by atoms with Gasteiger partial charge in [0.1, 0.15) is 6.29 Å². The standard InChI is InChI=1S/C18H20F2N2O/c1-12(9-10-23)22-17-15(7-4-8-16(17)21-2)13-5-3-6-14(11-13)18(19)20/h3-8,10-12,18,21-22H,9H2,1-2H3/t12-/m1/s1. The second kappa shape index (κ2) is 7.72. The SMILES string of the molecule is CNc1cccc(-c2cccc(C(F)F)c2)c1N[C@H](C)CC=O. The van der Waals surface area contributed by atoms with Gasteiger partial charge in [-0.25, -0.2) is 8.78 Å². The molecule has 0 saturated heterocycles. The molecule has 0 spiro atoms. The smallest absolute Gasteiger partial charge is 0.263 e. The largest absolute Gasteiger partial charge is 0.386 e. The molecule has 0 unspecified atom stereocenters. The highest BCUT2D eigenvalue weighted by atomic mass is 19.3. The van der Waals surface area contributed by atoms with Crippen molar-refractivity contribution in [2.24, 2.45) is 0 Å². The van der Waals surface area contributed by atoms with Crippen LogP contribution in [0.2, 0.25) is 0 Å². The van der Waals surface area contributed by atoms with Crippen LogP contribution in [0.1, 0.15) is 25.3 Å². The molecule has 0 heterocycles. The maximum Gasteiger partial charge on any atom is 0.263 e. The summed E-state index contributed by atoms with van der Waals surface area (Å²) in [6, 6.07) is 11.9. The van der Waals surface area contributed by atoms with Crippen LogP contribution in [0.15, 0.2) is 42.5 Å². The molecule has 1 atom stereocenters. The molecule has 2 aromatic rings. The number of aldehydes is 1. The van der Waals surface area contributed by atoms with Gasteiger partial charge in [-0.1, -0.05) is 30.3 Å². The third-order valence-corrected chi connectivity index (χ3v) is 3.62. The van der Waals surface area contributed by atoms with E-state index < -0.39 is 6.43 Å². The monoisotopic (exact) mass is 318 g/mol. The van der Waals surface area contributed by atoms with Gasteiger partial charge in [-0.15, -0.1) is 0 Å². The lowest BCUT2D eigenvalue weighted by atomic mass is 9.99. The maximum absolute atomic E-state index is 13.0. The summed E-state index contributed by atoms with van der Waals surface area (Å²) in [6.45, 7) is 1.90. The van der Waals surface area contributed by atoms with E-state index in [9.17, 15) is 13.6 Å². The van der Waals surface area contributed by atoms with Gasteiger partial charge in [0.2, 0.25) is 0 Å². The Balaban J connectivity index is 2.49. The van der Waals surface area contributed by atoms with E-state index in [1.165, 1.54) is 12.1 Å². The normalized spacial score (nSPS) is 12.0. The van der Waals surface area contributed by atoms with Crippen LogP contribution in [0, 0.1) is 0 Å². The van der Waals surface area contributed by atoms with Gasteiger partial charge in [0.25, 0.3) is 6.43 Å². The molecule has 5 heteroatoms. The minimum absolute atomic E-state index is 0.00995. The lowest BCUT2D eigenvalue weighted by Gasteiger charge is -2.20. The summed E-state index contributed by atoms with van der Waals surface area (Å²) < 4.78 is 25.9. The van der Waals surface area contributed by atoms with Crippen molar-refractivity contribution in [3.8, 4) is 11.1 Å². The number of carbonyl (C=O) groups excluding carboxylic acids is 1. The van der Waals surface area contributed by atoms with Crippen molar-refractivity contribution in [1.29, 1.82) is 0 Å². The third-order valence-electron chi connectivity index (χ3n) is 3.62. The summed E-state index contributed by atoms with van der Waals surface area (Å²) in [5.41, 5.74) is 3.17. The second-order valence-electron chi connectivity index (χ2n) is 5.35. The van der Waals surface area contributed by atoms with E-state index in [4.69, 9.17) is 0 Å². The van der Waals surface area contributed by atoms with Crippen molar-refractivity contribution >= 4 is 17.7 Å². The van der Waals surface area contributed by atoms with Crippen molar-refractivity contribution in [2.75, 3.05) is 17.7 Å². The van der Waals surface area contributed by atoms with Crippen LogP contribution in [0.25, 0.3) is 11.1 Å². The number of para-hydroxylation sites is 1. The molecular weight excluding hydrogens is 298 g/mol. The third kappa shape index (κ3) is 4.06. The van der Waals surface area contributed by atoms with Crippen LogP contribution in [-0.4, -0.2) is 19.4 Å². The van der Waals surface area contributed by atoms with Crippen molar-refractivity contribution in [1.82, 2.24) is 0 Å². The van der Waals surface area contributed by atoms with Gasteiger partial charge >= 0.3 is 0 Å². The summed E-state index contributed by atoms with van der Waals surface area (Å²) >= 11 is 0. The molecule has 0 radical (unpaired) electrons. The van der Waals surface area contributed by atoms with Gasteiger partial charge in [0.05, 0.1) is 11.4 Å². The summed E-state index contributed by atoms with van der Waals surface area (Å²) in [5.74, 6) is 0. The zero-order chi connectivity index (χ0) is 16.8. The van der Waals surface area contributed by atoms with Crippen molar-refractivity contribution in [3.05, 3.63) is 48.0 Å². The number of benzene rings is 2. The Labute approximate surface area is 134 Å². The summed E-state index contributed by atoms with van der Waals surface area (Å²) in [7, 11) is 1.80. The van der Waals surface area contributed by atoms with Gasteiger partial charge in [0, 0.05) is 30.6 Å². The van der Waals surface area contributed by atoms with Gasteiger partial charge < -0.3 is 15.4 Å². The van der Waals surface area contributed by atoms with Crippen LogP contribution < -0.4 is 10.6 Å². The highest BCUT2D eigenvalue weighted by Gasteiger charge is 2.14. The molecule has 0 aliphatic rings. The van der Waals surface area contributed by atoms with E-state index in [0.29, 0.717) is 12.0 Å². The minimum Gasteiger partial charge on any atom is -0.386 e. The number of carbonyl (C=O) groups is 1. The van der Waals surface area contributed by atoms with E-state index in [-0.39, 0.29) is 11.6 Å². The minimum atomic E-state index is -2.51. The quantitative estimate of drug-likeness (QED) is 0.726. The van der Waals surface area contributed by atoms with E-state index in [1.54, 1.807) is 19.2 Å². The highest BCUT2D eigenvalue weighted by Crippen LogP contribution is 2.36. The molecule has 2 N–H and O–H groups in total. The lowest BCUT2D eigenvalue weighted by Crippen LogP contribution is -2.17. The molecule has 122 valence electrons. The van der Waals surface area contributed by atoms with Crippen LogP contribution in [-0.2, 0) is 4.79 Å². The van der Waals surface area contributed by atoms with Crippen molar-refractivity contribution in [3.63, 3.8) is 0 Å². The fraction of sp³-hybridized carbons (Fsp3) is 0.278. The van der Waals surface area contributed by atoms with Gasteiger partial charge in [-0.2, -0.15) is 0 Å². The topological polar surface area (TPSA) is 41.1 Å². The average Bonchev–Trinajstić information content (AvgIpc) is 2.55. The molecule has 2 rings (SSSR count). The molecule has 3 nitrogen and oxygen atoms in total. The van der Waals surface area contributed by atoms with Crippen LogP contribution in [0.3, 0.4) is 0 Å². The predicted molar refractivity (Wildman–Crippen MR) is 90.1 cm³/mol. The highest BCUT2D eigenvalue weighted by molar-refractivity contribution is 5.87. The summed E-state index contributed by atoms with van der Waals surface area (Å²) in [5, 5.41) is 6.39. The number of alkyl halides is 2. The number of nitrogens with one attached hydrogen (secondary N) is 2. The Bertz CT molecular complexity index is 674. The Kier molecular flexibility index (Phi) is 5.68. The van der Waals surface area contributed by atoms with Crippen LogP contribution in [0.4, 0.5) is 20.2 Å². The molecule has 0 aliphatic heterocycles. The van der Waals surface area contributed by atoms with E-state index in [2.05, 4.69) is 10.6 Å². The fourth-order valence-corrected chi connectivity index (χ4v) is 2.45. The second-order valence-corrected chi connectivity index (χ2v) is 5.35. The van der Waals surface area contributed by atoms with Crippen molar-refractivity contribution < 1.29 is 13.6 Å². The number of rotatable bonds is 7. The van der Waals surface area contributed by atoms with Crippen LogP contribution in [0.5, 0.6) is 0 Å². The maximum atomic E-state index is 13.0. The predicted octanol–water partition coefficient (Wildman–Crippen LogP) is 4.72. The summed E-state index contributed by atoms with van der Waals surface area (Å²) in [6.07, 6.45) is -1.28. The Morgan fingerprint density at radius 1 is 1.17 bits per heavy atom. The molecule has 0 aromatic heterocycles. The van der Waals surface area contributed by atoms with E-state index in [0.717, 1.165) is 23.2 Å². The Morgan fingerprint density at radius 2 is 1.91 bits per heavy atom. The Morgan fingerprint density at radius 3 is 2.57 bits per heavy atom. The van der Waals surface area contributed by atoms with Gasteiger partial charge in [-0.3, -0.25) is 0 Å². The Hall–Kier alpha value is -2.43. The first-order valence-corrected chi connectivity index (χ1v) is 7.46. The van der Waals surface area contributed by atoms with Gasteiger partial charge in [-0.05, 0) is 24.6 Å². The molecule has 23 heavy (non-hydrogen) atoms.